The first-order chi connectivity index (χ1) is 8.25. The van der Waals surface area contributed by atoms with E-state index in [-0.39, 0.29) is 17.2 Å². The Morgan fingerprint density at radius 3 is 2.61 bits per heavy atom. The van der Waals surface area contributed by atoms with Gasteiger partial charge in [0.1, 0.15) is 5.69 Å². The number of anilines is 1. The summed E-state index contributed by atoms with van der Waals surface area (Å²) in [5.74, 6) is -1.00. The lowest BCUT2D eigenvalue weighted by Crippen LogP contribution is -2.51. The van der Waals surface area contributed by atoms with Crippen molar-refractivity contribution in [3.8, 4) is 5.75 Å². The normalized spacial score (nSPS) is 17.1. The van der Waals surface area contributed by atoms with Gasteiger partial charge in [-0.25, -0.2) is 4.79 Å². The van der Waals surface area contributed by atoms with E-state index < -0.39 is 11.6 Å². The molecule has 1 aliphatic rings. The standard InChI is InChI=1S/C12H12BrNO4/c1-12(2)11(17)14(3)8-6(10(15)16)4-5-7(13)9(8)18-12/h4-5H,1-3H3,(H,15,16). The Balaban J connectivity index is 2.73. The van der Waals surface area contributed by atoms with Crippen LogP contribution in [0, 0.1) is 0 Å². The molecule has 1 N–H and O–H groups in total. The van der Waals surface area contributed by atoms with Crippen molar-refractivity contribution in [3.05, 3.63) is 22.2 Å². The molecule has 0 bridgehead atoms. The second-order valence-electron chi connectivity index (χ2n) is 4.55. The van der Waals surface area contributed by atoms with E-state index in [1.165, 1.54) is 11.0 Å². The zero-order valence-electron chi connectivity index (χ0n) is 10.2. The molecule has 0 aliphatic carbocycles. The van der Waals surface area contributed by atoms with Crippen LogP contribution in [-0.4, -0.2) is 29.6 Å². The number of carboxylic acid groups (broad SMARTS) is 1. The summed E-state index contributed by atoms with van der Waals surface area (Å²) in [5, 5.41) is 9.16. The van der Waals surface area contributed by atoms with Crippen molar-refractivity contribution in [1.82, 2.24) is 0 Å². The lowest BCUT2D eigenvalue weighted by atomic mass is 10.0. The van der Waals surface area contributed by atoms with Crippen LogP contribution in [0.15, 0.2) is 16.6 Å². The van der Waals surface area contributed by atoms with Gasteiger partial charge in [-0.2, -0.15) is 0 Å². The average Bonchev–Trinajstić information content (AvgIpc) is 2.27. The Kier molecular flexibility index (Phi) is 2.85. The monoisotopic (exact) mass is 313 g/mol. The summed E-state index contributed by atoms with van der Waals surface area (Å²) in [4.78, 5) is 24.6. The van der Waals surface area contributed by atoms with Gasteiger partial charge in [0.25, 0.3) is 5.91 Å². The van der Waals surface area contributed by atoms with Crippen LogP contribution in [0.5, 0.6) is 5.75 Å². The molecule has 0 fully saturated rings. The molecular formula is C12H12BrNO4. The molecule has 0 saturated carbocycles. The minimum Gasteiger partial charge on any atom is -0.478 e. The molecule has 0 unspecified atom stereocenters. The predicted molar refractivity (Wildman–Crippen MR) is 69.2 cm³/mol. The molecule has 0 atom stereocenters. The summed E-state index contributed by atoms with van der Waals surface area (Å²) in [6.45, 7) is 3.29. The topological polar surface area (TPSA) is 66.8 Å². The summed E-state index contributed by atoms with van der Waals surface area (Å²) >= 11 is 3.31. The van der Waals surface area contributed by atoms with E-state index in [2.05, 4.69) is 15.9 Å². The Labute approximate surface area is 112 Å². The third-order valence-corrected chi connectivity index (χ3v) is 3.45. The molecule has 0 radical (unpaired) electrons. The first-order valence-corrected chi connectivity index (χ1v) is 6.08. The second kappa shape index (κ2) is 3.98. The fourth-order valence-corrected chi connectivity index (χ4v) is 2.35. The van der Waals surface area contributed by atoms with Crippen molar-refractivity contribution < 1.29 is 19.4 Å². The number of ether oxygens (including phenoxy) is 1. The maximum Gasteiger partial charge on any atom is 0.337 e. The van der Waals surface area contributed by atoms with Gasteiger partial charge >= 0.3 is 5.97 Å². The fraction of sp³-hybridized carbons (Fsp3) is 0.333. The highest BCUT2D eigenvalue weighted by Gasteiger charge is 2.41. The van der Waals surface area contributed by atoms with Crippen LogP contribution < -0.4 is 9.64 Å². The van der Waals surface area contributed by atoms with Gasteiger partial charge in [0, 0.05) is 7.05 Å². The van der Waals surface area contributed by atoms with Gasteiger partial charge in [0.05, 0.1) is 10.0 Å². The van der Waals surface area contributed by atoms with E-state index in [1.54, 1.807) is 27.0 Å². The van der Waals surface area contributed by atoms with Crippen LogP contribution in [0.2, 0.25) is 0 Å². The maximum absolute atomic E-state index is 12.1. The molecular weight excluding hydrogens is 302 g/mol. The number of hydrogen-bond acceptors (Lipinski definition) is 3. The SMILES string of the molecule is CN1C(=O)C(C)(C)Oc2c(Br)ccc(C(=O)O)c21. The molecule has 18 heavy (non-hydrogen) atoms. The highest BCUT2D eigenvalue weighted by atomic mass is 79.9. The third-order valence-electron chi connectivity index (χ3n) is 2.83. The number of hydrogen-bond donors (Lipinski definition) is 1. The van der Waals surface area contributed by atoms with Gasteiger partial charge in [-0.1, -0.05) is 0 Å². The number of carboxylic acids is 1. The van der Waals surface area contributed by atoms with Crippen LogP contribution in [0.1, 0.15) is 24.2 Å². The molecule has 0 aromatic heterocycles. The quantitative estimate of drug-likeness (QED) is 0.863. The number of fused-ring (bicyclic) bond motifs is 1. The number of rotatable bonds is 1. The molecule has 1 aromatic carbocycles. The van der Waals surface area contributed by atoms with Crippen molar-refractivity contribution in [1.29, 1.82) is 0 Å². The Morgan fingerprint density at radius 1 is 1.44 bits per heavy atom. The van der Waals surface area contributed by atoms with Gasteiger partial charge in [-0.3, -0.25) is 4.79 Å². The maximum atomic E-state index is 12.1. The number of halogens is 1. The van der Waals surface area contributed by atoms with Crippen LogP contribution >= 0.6 is 15.9 Å². The summed E-state index contributed by atoms with van der Waals surface area (Å²) in [6, 6.07) is 3.04. The van der Waals surface area contributed by atoms with Crippen molar-refractivity contribution >= 4 is 33.5 Å². The second-order valence-corrected chi connectivity index (χ2v) is 5.41. The van der Waals surface area contributed by atoms with E-state index in [0.29, 0.717) is 10.2 Å². The Bertz CT molecular complexity index is 553. The summed E-state index contributed by atoms with van der Waals surface area (Å²) in [5.41, 5.74) is -0.692. The fourth-order valence-electron chi connectivity index (χ4n) is 1.95. The molecule has 96 valence electrons. The minimum atomic E-state index is -1.10. The lowest BCUT2D eigenvalue weighted by molar-refractivity contribution is -0.132. The van der Waals surface area contributed by atoms with Gasteiger partial charge in [0.2, 0.25) is 0 Å². The molecule has 1 aromatic rings. The number of aromatic carboxylic acids is 1. The number of carbonyl (C=O) groups excluding carboxylic acids is 1. The van der Waals surface area contributed by atoms with Crippen LogP contribution in [0.4, 0.5) is 5.69 Å². The summed E-state index contributed by atoms with van der Waals surface area (Å²) in [6.07, 6.45) is 0. The largest absolute Gasteiger partial charge is 0.478 e. The highest BCUT2D eigenvalue weighted by molar-refractivity contribution is 9.10. The van der Waals surface area contributed by atoms with Crippen molar-refractivity contribution in [3.63, 3.8) is 0 Å². The van der Waals surface area contributed by atoms with Crippen LogP contribution in [-0.2, 0) is 4.79 Å². The first kappa shape index (κ1) is 12.9. The summed E-state index contributed by atoms with van der Waals surface area (Å²) in [7, 11) is 1.55. The van der Waals surface area contributed by atoms with Crippen LogP contribution in [0.3, 0.4) is 0 Å². The first-order valence-electron chi connectivity index (χ1n) is 5.28. The molecule has 5 nitrogen and oxygen atoms in total. The van der Waals surface area contributed by atoms with Gasteiger partial charge in [-0.15, -0.1) is 0 Å². The zero-order chi connectivity index (χ0) is 13.7. The van der Waals surface area contributed by atoms with E-state index >= 15 is 0 Å². The van der Waals surface area contributed by atoms with Crippen LogP contribution in [0.25, 0.3) is 0 Å². The molecule has 1 heterocycles. The summed E-state index contributed by atoms with van der Waals surface area (Å²) < 4.78 is 6.24. The molecule has 0 saturated heterocycles. The zero-order valence-corrected chi connectivity index (χ0v) is 11.7. The van der Waals surface area contributed by atoms with Crippen molar-refractivity contribution in [2.75, 3.05) is 11.9 Å². The number of likely N-dealkylation sites (N-methyl/N-ethyl adjacent to an activating group) is 1. The number of nitrogens with zero attached hydrogens (tertiary/aromatic N) is 1. The van der Waals surface area contributed by atoms with E-state index in [0.717, 1.165) is 0 Å². The van der Waals surface area contributed by atoms with Crippen molar-refractivity contribution in [2.24, 2.45) is 0 Å². The van der Waals surface area contributed by atoms with Gasteiger partial charge in [0.15, 0.2) is 11.4 Å². The van der Waals surface area contributed by atoms with E-state index in [1.807, 2.05) is 0 Å². The minimum absolute atomic E-state index is 0.0413. The highest BCUT2D eigenvalue weighted by Crippen LogP contribution is 2.44. The number of benzene rings is 1. The van der Waals surface area contributed by atoms with Gasteiger partial charge < -0.3 is 14.7 Å². The molecule has 1 aliphatic heterocycles. The Hall–Kier alpha value is -1.56. The molecule has 2 rings (SSSR count). The number of amides is 1. The molecule has 1 amide bonds. The van der Waals surface area contributed by atoms with E-state index in [9.17, 15) is 9.59 Å². The average molecular weight is 314 g/mol. The smallest absolute Gasteiger partial charge is 0.337 e. The van der Waals surface area contributed by atoms with Gasteiger partial charge in [-0.05, 0) is 41.9 Å². The third kappa shape index (κ3) is 1.77. The number of carbonyl (C=O) groups is 2. The predicted octanol–water partition coefficient (Wildman–Crippen LogP) is 2.28. The lowest BCUT2D eigenvalue weighted by Gasteiger charge is -2.37. The Morgan fingerprint density at radius 2 is 2.06 bits per heavy atom. The van der Waals surface area contributed by atoms with E-state index in [4.69, 9.17) is 9.84 Å². The molecule has 0 spiro atoms. The molecule has 6 heteroatoms. The van der Waals surface area contributed by atoms with Crippen molar-refractivity contribution in [2.45, 2.75) is 19.4 Å².